The van der Waals surface area contributed by atoms with E-state index in [4.69, 9.17) is 4.74 Å². The number of fused-ring (bicyclic) bond motifs is 3. The molecule has 0 unspecified atom stereocenters. The van der Waals surface area contributed by atoms with Crippen molar-refractivity contribution in [2.75, 3.05) is 33.3 Å². The number of carbonyl (C=O) groups is 1. The van der Waals surface area contributed by atoms with Gasteiger partial charge in [0.25, 0.3) is 5.91 Å². The number of aliphatic hydroxyl groups excluding tert-OH is 1. The molecule has 0 bridgehead atoms. The van der Waals surface area contributed by atoms with Gasteiger partial charge < -0.3 is 19.6 Å². The van der Waals surface area contributed by atoms with Crippen molar-refractivity contribution in [3.63, 3.8) is 0 Å². The molecule has 5 nitrogen and oxygen atoms in total. The van der Waals surface area contributed by atoms with Gasteiger partial charge in [0.1, 0.15) is 0 Å². The van der Waals surface area contributed by atoms with E-state index in [0.717, 1.165) is 35.7 Å². The minimum absolute atomic E-state index is 0.00536. The van der Waals surface area contributed by atoms with Gasteiger partial charge in [-0.3, -0.25) is 4.79 Å². The molecule has 1 N–H and O–H groups in total. The SMILES string of the molecule is C[C@@H]1CN([C@H](C)CO)C(=O)c2ccccc2-c2ccccc2CO[C@@H]1CN(C)CC1CC1. The second-order valence-corrected chi connectivity index (χ2v) is 9.68. The van der Waals surface area contributed by atoms with Crippen LogP contribution < -0.4 is 0 Å². The van der Waals surface area contributed by atoms with E-state index in [9.17, 15) is 9.90 Å². The van der Waals surface area contributed by atoms with E-state index in [1.54, 1.807) is 0 Å². The Labute approximate surface area is 192 Å². The van der Waals surface area contributed by atoms with Gasteiger partial charge in [0.2, 0.25) is 0 Å². The molecule has 0 saturated heterocycles. The minimum atomic E-state index is -0.265. The van der Waals surface area contributed by atoms with Crippen LogP contribution in [0.4, 0.5) is 0 Å². The predicted molar refractivity (Wildman–Crippen MR) is 127 cm³/mol. The highest BCUT2D eigenvalue weighted by Crippen LogP contribution is 2.32. The van der Waals surface area contributed by atoms with E-state index in [2.05, 4.69) is 31.0 Å². The summed E-state index contributed by atoms with van der Waals surface area (Å²) in [6.07, 6.45) is 2.65. The van der Waals surface area contributed by atoms with E-state index in [-0.39, 0.29) is 30.6 Å². The van der Waals surface area contributed by atoms with Gasteiger partial charge in [0.05, 0.1) is 25.4 Å². The van der Waals surface area contributed by atoms with Crippen molar-refractivity contribution in [1.29, 1.82) is 0 Å². The zero-order valence-corrected chi connectivity index (χ0v) is 19.5. The minimum Gasteiger partial charge on any atom is -0.394 e. The lowest BCUT2D eigenvalue weighted by Crippen LogP contribution is -2.47. The molecule has 32 heavy (non-hydrogen) atoms. The first-order valence-electron chi connectivity index (χ1n) is 11.9. The zero-order valence-electron chi connectivity index (χ0n) is 19.5. The fraction of sp³-hybridized carbons (Fsp3) is 0.519. The second kappa shape index (κ2) is 10.2. The van der Waals surface area contributed by atoms with Crippen LogP contribution in [-0.2, 0) is 11.3 Å². The van der Waals surface area contributed by atoms with Gasteiger partial charge in [0, 0.05) is 31.1 Å². The highest BCUT2D eigenvalue weighted by Gasteiger charge is 2.31. The van der Waals surface area contributed by atoms with Crippen LogP contribution >= 0.6 is 0 Å². The van der Waals surface area contributed by atoms with Crippen LogP contribution in [0.1, 0.15) is 42.6 Å². The molecule has 5 heteroatoms. The number of hydrogen-bond acceptors (Lipinski definition) is 4. The average molecular weight is 437 g/mol. The topological polar surface area (TPSA) is 53.0 Å². The maximum atomic E-state index is 13.8. The summed E-state index contributed by atoms with van der Waals surface area (Å²) in [5, 5.41) is 9.92. The van der Waals surface area contributed by atoms with E-state index >= 15 is 0 Å². The highest BCUT2D eigenvalue weighted by molar-refractivity contribution is 6.01. The van der Waals surface area contributed by atoms with Crippen molar-refractivity contribution >= 4 is 5.91 Å². The van der Waals surface area contributed by atoms with Crippen LogP contribution in [0, 0.1) is 11.8 Å². The Bertz CT molecular complexity index is 927. The maximum Gasteiger partial charge on any atom is 0.254 e. The standard InChI is InChI=1S/C27H36N2O3/c1-19-14-29(20(2)17-30)27(31)25-11-7-6-10-24(25)23-9-5-4-8-22(23)18-32-26(19)16-28(3)15-21-12-13-21/h4-11,19-21,26,30H,12-18H2,1-3H3/t19-,20-,26-/m1/s1. The Hall–Kier alpha value is -2.21. The second-order valence-electron chi connectivity index (χ2n) is 9.68. The largest absolute Gasteiger partial charge is 0.394 e. The molecule has 2 aliphatic rings. The number of aliphatic hydroxyl groups is 1. The molecule has 1 amide bonds. The number of carbonyl (C=O) groups excluding carboxylic acids is 1. The van der Waals surface area contributed by atoms with Crippen molar-refractivity contribution in [2.24, 2.45) is 11.8 Å². The third kappa shape index (κ3) is 5.22. The van der Waals surface area contributed by atoms with Gasteiger partial charge in [-0.25, -0.2) is 0 Å². The molecule has 1 heterocycles. The molecule has 0 spiro atoms. The van der Waals surface area contributed by atoms with Crippen molar-refractivity contribution in [2.45, 2.75) is 45.4 Å². The monoisotopic (exact) mass is 436 g/mol. The zero-order chi connectivity index (χ0) is 22.7. The molecule has 1 aliphatic heterocycles. The summed E-state index contributed by atoms with van der Waals surface area (Å²) in [5.41, 5.74) is 3.73. The number of amides is 1. The molecular weight excluding hydrogens is 400 g/mol. The number of rotatable bonds is 6. The fourth-order valence-corrected chi connectivity index (χ4v) is 4.67. The van der Waals surface area contributed by atoms with Crippen molar-refractivity contribution in [3.05, 3.63) is 59.7 Å². The number of benzene rings is 2. The van der Waals surface area contributed by atoms with Gasteiger partial charge in [-0.05, 0) is 55.5 Å². The summed E-state index contributed by atoms with van der Waals surface area (Å²) in [5.74, 6) is 0.920. The first-order chi connectivity index (χ1) is 15.5. The van der Waals surface area contributed by atoms with Crippen molar-refractivity contribution in [3.8, 4) is 11.1 Å². The lowest BCUT2D eigenvalue weighted by molar-refractivity contribution is -0.0235. The molecule has 1 aliphatic carbocycles. The lowest BCUT2D eigenvalue weighted by atomic mass is 9.94. The molecule has 3 atom stereocenters. The Kier molecular flexibility index (Phi) is 7.29. The van der Waals surface area contributed by atoms with Crippen molar-refractivity contribution in [1.82, 2.24) is 9.80 Å². The first kappa shape index (κ1) is 23.0. The van der Waals surface area contributed by atoms with Crippen LogP contribution in [0.15, 0.2) is 48.5 Å². The van der Waals surface area contributed by atoms with Gasteiger partial charge >= 0.3 is 0 Å². The average Bonchev–Trinajstić information content (AvgIpc) is 3.62. The fourth-order valence-electron chi connectivity index (χ4n) is 4.67. The van der Waals surface area contributed by atoms with Crippen molar-refractivity contribution < 1.29 is 14.6 Å². The molecule has 1 saturated carbocycles. The first-order valence-corrected chi connectivity index (χ1v) is 11.9. The van der Waals surface area contributed by atoms with E-state index < -0.39 is 0 Å². The molecule has 2 aromatic carbocycles. The van der Waals surface area contributed by atoms with Crippen LogP contribution in [0.2, 0.25) is 0 Å². The quantitative estimate of drug-likeness (QED) is 0.742. The van der Waals surface area contributed by atoms with Crippen LogP contribution in [0.5, 0.6) is 0 Å². The number of ether oxygens (including phenoxy) is 1. The number of likely N-dealkylation sites (N-methyl/N-ethyl adjacent to an activating group) is 1. The molecule has 172 valence electrons. The summed E-state index contributed by atoms with van der Waals surface area (Å²) in [7, 11) is 2.17. The Morgan fingerprint density at radius 1 is 1.06 bits per heavy atom. The van der Waals surface area contributed by atoms with Gasteiger partial charge in [-0.15, -0.1) is 0 Å². The third-order valence-corrected chi connectivity index (χ3v) is 6.85. The van der Waals surface area contributed by atoms with Crippen LogP contribution in [0.3, 0.4) is 0 Å². The lowest BCUT2D eigenvalue weighted by Gasteiger charge is -2.35. The van der Waals surface area contributed by atoms with Gasteiger partial charge in [-0.1, -0.05) is 49.4 Å². The molecule has 1 fully saturated rings. The maximum absolute atomic E-state index is 13.8. The predicted octanol–water partition coefficient (Wildman–Crippen LogP) is 4.05. The Balaban J connectivity index is 1.72. The summed E-state index contributed by atoms with van der Waals surface area (Å²) in [6.45, 7) is 7.01. The summed E-state index contributed by atoms with van der Waals surface area (Å²) >= 11 is 0. The van der Waals surface area contributed by atoms with Crippen LogP contribution in [-0.4, -0.2) is 66.2 Å². The van der Waals surface area contributed by atoms with E-state index in [0.29, 0.717) is 18.7 Å². The molecular formula is C27H36N2O3. The molecule has 0 radical (unpaired) electrons. The molecule has 4 rings (SSSR count). The number of hydrogen-bond donors (Lipinski definition) is 1. The van der Waals surface area contributed by atoms with Gasteiger partial charge in [-0.2, -0.15) is 0 Å². The Morgan fingerprint density at radius 2 is 1.72 bits per heavy atom. The smallest absolute Gasteiger partial charge is 0.254 e. The van der Waals surface area contributed by atoms with Crippen LogP contribution in [0.25, 0.3) is 11.1 Å². The summed E-state index contributed by atoms with van der Waals surface area (Å²) in [6, 6.07) is 15.7. The normalized spacial score (nSPS) is 22.8. The molecule has 0 aromatic heterocycles. The van der Waals surface area contributed by atoms with Gasteiger partial charge in [0.15, 0.2) is 0 Å². The van der Waals surface area contributed by atoms with E-state index in [1.807, 2.05) is 48.2 Å². The Morgan fingerprint density at radius 3 is 2.41 bits per heavy atom. The van der Waals surface area contributed by atoms with E-state index in [1.165, 1.54) is 12.8 Å². The third-order valence-electron chi connectivity index (χ3n) is 6.85. The summed E-state index contributed by atoms with van der Waals surface area (Å²) in [4.78, 5) is 18.0. The molecule has 2 aromatic rings. The highest BCUT2D eigenvalue weighted by atomic mass is 16.5. The summed E-state index contributed by atoms with van der Waals surface area (Å²) < 4.78 is 6.56. The number of nitrogens with zero attached hydrogens (tertiary/aromatic N) is 2.